The Bertz CT molecular complexity index is 946. The van der Waals surface area contributed by atoms with Crippen LogP contribution in [-0.2, 0) is 6.54 Å². The van der Waals surface area contributed by atoms with Gasteiger partial charge in [-0.1, -0.05) is 35.9 Å². The van der Waals surface area contributed by atoms with Gasteiger partial charge in [0, 0.05) is 29.0 Å². The molecule has 0 atom stereocenters. The summed E-state index contributed by atoms with van der Waals surface area (Å²) in [4.78, 5) is 16.4. The summed E-state index contributed by atoms with van der Waals surface area (Å²) >= 11 is 6.03. The van der Waals surface area contributed by atoms with Crippen molar-refractivity contribution in [3.63, 3.8) is 0 Å². The van der Waals surface area contributed by atoms with Gasteiger partial charge in [0.15, 0.2) is 0 Å². The molecule has 0 unspecified atom stereocenters. The molecular formula is C20H17ClFN3O. The van der Waals surface area contributed by atoms with Gasteiger partial charge in [0.05, 0.1) is 17.4 Å². The Morgan fingerprint density at radius 1 is 1.15 bits per heavy atom. The number of aryl methyl sites for hydroxylation is 1. The van der Waals surface area contributed by atoms with Crippen LogP contribution in [0.2, 0.25) is 5.02 Å². The van der Waals surface area contributed by atoms with Gasteiger partial charge < -0.3 is 10.6 Å². The van der Waals surface area contributed by atoms with E-state index in [1.807, 2.05) is 25.1 Å². The maximum Gasteiger partial charge on any atom is 0.253 e. The molecule has 3 rings (SSSR count). The van der Waals surface area contributed by atoms with Gasteiger partial charge in [-0.25, -0.2) is 4.39 Å². The number of amides is 1. The van der Waals surface area contributed by atoms with Crippen molar-refractivity contribution >= 4 is 28.9 Å². The first-order valence-corrected chi connectivity index (χ1v) is 8.40. The van der Waals surface area contributed by atoms with Crippen molar-refractivity contribution in [2.75, 3.05) is 5.32 Å². The number of pyridine rings is 1. The monoisotopic (exact) mass is 369 g/mol. The number of rotatable bonds is 5. The lowest BCUT2D eigenvalue weighted by Crippen LogP contribution is -2.23. The molecule has 4 nitrogen and oxygen atoms in total. The van der Waals surface area contributed by atoms with Crippen LogP contribution in [0.25, 0.3) is 0 Å². The Morgan fingerprint density at radius 3 is 2.77 bits per heavy atom. The van der Waals surface area contributed by atoms with E-state index in [0.717, 1.165) is 11.3 Å². The van der Waals surface area contributed by atoms with Crippen LogP contribution >= 0.6 is 11.6 Å². The summed E-state index contributed by atoms with van der Waals surface area (Å²) in [6, 6.07) is 13.5. The number of hydrogen-bond acceptors (Lipinski definition) is 3. The third kappa shape index (κ3) is 4.37. The van der Waals surface area contributed by atoms with Gasteiger partial charge in [0.2, 0.25) is 0 Å². The molecule has 0 bridgehead atoms. The number of nitrogens with one attached hydrogen (secondary N) is 2. The molecule has 0 aliphatic heterocycles. The van der Waals surface area contributed by atoms with Crippen molar-refractivity contribution in [1.29, 1.82) is 0 Å². The largest absolute Gasteiger partial charge is 0.354 e. The molecule has 3 aromatic rings. The summed E-state index contributed by atoms with van der Waals surface area (Å²) in [5.74, 6) is -0.676. The van der Waals surface area contributed by atoms with Crippen LogP contribution in [0.3, 0.4) is 0 Å². The fraction of sp³-hybridized carbons (Fsp3) is 0.100. The topological polar surface area (TPSA) is 54.0 Å². The van der Waals surface area contributed by atoms with Gasteiger partial charge in [0.25, 0.3) is 5.91 Å². The molecule has 0 saturated carbocycles. The molecule has 2 N–H and O–H groups in total. The summed E-state index contributed by atoms with van der Waals surface area (Å²) in [7, 11) is 0. The number of carbonyl (C=O) groups excluding carboxylic acids is 1. The fourth-order valence-corrected chi connectivity index (χ4v) is 2.61. The van der Waals surface area contributed by atoms with E-state index in [4.69, 9.17) is 11.6 Å². The highest BCUT2D eigenvalue weighted by atomic mass is 35.5. The van der Waals surface area contributed by atoms with Crippen LogP contribution in [0, 0.1) is 12.7 Å². The Morgan fingerprint density at radius 2 is 1.96 bits per heavy atom. The van der Waals surface area contributed by atoms with Gasteiger partial charge in [-0.15, -0.1) is 0 Å². The molecule has 26 heavy (non-hydrogen) atoms. The van der Waals surface area contributed by atoms with Crippen LogP contribution in [0.4, 0.5) is 15.8 Å². The lowest BCUT2D eigenvalue weighted by Gasteiger charge is -2.11. The highest BCUT2D eigenvalue weighted by molar-refractivity contribution is 6.30. The van der Waals surface area contributed by atoms with E-state index in [0.29, 0.717) is 21.8 Å². The molecule has 1 heterocycles. The molecule has 1 aromatic heterocycles. The number of halogens is 2. The van der Waals surface area contributed by atoms with Crippen LogP contribution in [0.1, 0.15) is 21.5 Å². The Labute approximate surface area is 156 Å². The zero-order valence-corrected chi connectivity index (χ0v) is 14.8. The van der Waals surface area contributed by atoms with Crippen LogP contribution < -0.4 is 10.6 Å². The Hall–Kier alpha value is -2.92. The number of carbonyl (C=O) groups is 1. The Balaban J connectivity index is 1.71. The van der Waals surface area contributed by atoms with Gasteiger partial charge in [-0.05, 0) is 36.8 Å². The number of benzene rings is 2. The van der Waals surface area contributed by atoms with E-state index >= 15 is 0 Å². The minimum atomic E-state index is -0.349. The lowest BCUT2D eigenvalue weighted by atomic mass is 10.2. The first-order chi connectivity index (χ1) is 12.5. The van der Waals surface area contributed by atoms with Crippen molar-refractivity contribution in [2.24, 2.45) is 0 Å². The molecule has 0 radical (unpaired) electrons. The average molecular weight is 370 g/mol. The highest BCUT2D eigenvalue weighted by Gasteiger charge is 2.09. The van der Waals surface area contributed by atoms with Crippen molar-refractivity contribution in [1.82, 2.24) is 10.3 Å². The molecule has 0 aliphatic carbocycles. The first kappa shape index (κ1) is 17.9. The smallest absolute Gasteiger partial charge is 0.253 e. The minimum absolute atomic E-state index is 0.108. The molecule has 6 heteroatoms. The zero-order chi connectivity index (χ0) is 18.5. The second-order valence-corrected chi connectivity index (χ2v) is 6.26. The standard InChI is InChI=1S/C20H17ClFN3O/c1-13-6-7-16(21)9-19(13)25-17-8-15(10-23-12-17)20(26)24-11-14-4-2-3-5-18(14)22/h2-10,12,25H,11H2,1H3,(H,24,26). The normalized spacial score (nSPS) is 10.4. The van der Waals surface area contributed by atoms with E-state index < -0.39 is 0 Å². The van der Waals surface area contributed by atoms with E-state index in [1.54, 1.807) is 30.5 Å². The molecule has 132 valence electrons. The predicted octanol–water partition coefficient (Wildman–Crippen LogP) is 4.86. The lowest BCUT2D eigenvalue weighted by molar-refractivity contribution is 0.0950. The second-order valence-electron chi connectivity index (χ2n) is 5.82. The number of anilines is 2. The maximum absolute atomic E-state index is 13.6. The predicted molar refractivity (Wildman–Crippen MR) is 101 cm³/mol. The molecule has 1 amide bonds. The third-order valence-electron chi connectivity index (χ3n) is 3.88. The fourth-order valence-electron chi connectivity index (χ4n) is 2.44. The molecule has 0 fully saturated rings. The SMILES string of the molecule is Cc1ccc(Cl)cc1Nc1cncc(C(=O)NCc2ccccc2F)c1. The van der Waals surface area contributed by atoms with E-state index in [9.17, 15) is 9.18 Å². The number of nitrogens with zero attached hydrogens (tertiary/aromatic N) is 1. The van der Waals surface area contributed by atoms with Gasteiger partial charge >= 0.3 is 0 Å². The molecule has 0 spiro atoms. The van der Waals surface area contributed by atoms with Crippen LogP contribution in [-0.4, -0.2) is 10.9 Å². The minimum Gasteiger partial charge on any atom is -0.354 e. The van der Waals surface area contributed by atoms with Crippen LogP contribution in [0.15, 0.2) is 60.9 Å². The summed E-state index contributed by atoms with van der Waals surface area (Å²) < 4.78 is 13.6. The third-order valence-corrected chi connectivity index (χ3v) is 4.11. The highest BCUT2D eigenvalue weighted by Crippen LogP contribution is 2.24. The number of aromatic nitrogens is 1. The van der Waals surface area contributed by atoms with Crippen molar-refractivity contribution in [2.45, 2.75) is 13.5 Å². The average Bonchev–Trinajstić information content (AvgIpc) is 2.64. The summed E-state index contributed by atoms with van der Waals surface area (Å²) in [5.41, 5.74) is 3.32. The summed E-state index contributed by atoms with van der Waals surface area (Å²) in [6.07, 6.45) is 3.08. The van der Waals surface area contributed by atoms with Gasteiger partial charge in [-0.2, -0.15) is 0 Å². The maximum atomic E-state index is 13.6. The van der Waals surface area contributed by atoms with Gasteiger partial charge in [0.1, 0.15) is 5.82 Å². The molecular weight excluding hydrogens is 353 g/mol. The summed E-state index contributed by atoms with van der Waals surface area (Å²) in [5, 5.41) is 6.52. The van der Waals surface area contributed by atoms with Crippen molar-refractivity contribution < 1.29 is 9.18 Å². The van der Waals surface area contributed by atoms with Crippen molar-refractivity contribution in [3.05, 3.63) is 88.5 Å². The zero-order valence-electron chi connectivity index (χ0n) is 14.1. The molecule has 0 aliphatic rings. The van der Waals surface area contributed by atoms with E-state index in [1.165, 1.54) is 12.3 Å². The Kier molecular flexibility index (Phi) is 5.49. The first-order valence-electron chi connectivity index (χ1n) is 8.03. The van der Waals surface area contributed by atoms with Crippen LogP contribution in [0.5, 0.6) is 0 Å². The second kappa shape index (κ2) is 7.97. The molecule has 0 saturated heterocycles. The summed E-state index contributed by atoms with van der Waals surface area (Å²) in [6.45, 7) is 2.06. The van der Waals surface area contributed by atoms with Gasteiger partial charge in [-0.3, -0.25) is 9.78 Å². The van der Waals surface area contributed by atoms with Crippen molar-refractivity contribution in [3.8, 4) is 0 Å². The molecule has 2 aromatic carbocycles. The quantitative estimate of drug-likeness (QED) is 0.675. The van der Waals surface area contributed by atoms with E-state index in [2.05, 4.69) is 15.6 Å². The number of hydrogen-bond donors (Lipinski definition) is 2. The van der Waals surface area contributed by atoms with E-state index in [-0.39, 0.29) is 18.3 Å².